The van der Waals surface area contributed by atoms with Crippen LogP contribution in [0.5, 0.6) is 5.75 Å². The standard InChI is InChI=1S/C31H35ClN4O3/c1-4-6-9-22(5-2)20-33-31(38)34-26-10-7-8-11-27(26)36-30(37)29(39-25-18-12-21(3)13-19-25)28(35-36)23-14-16-24(32)17-15-23/h7-8,10-19,22,29H,4-6,9,20H2,1-3H3,(H2,33,34,38). The molecule has 0 aromatic heterocycles. The largest absolute Gasteiger partial charge is 0.474 e. The number of benzene rings is 3. The Bertz CT molecular complexity index is 1310. The van der Waals surface area contributed by atoms with Crippen LogP contribution in [0, 0.1) is 12.8 Å². The maximum Gasteiger partial charge on any atom is 0.319 e. The van der Waals surface area contributed by atoms with Crippen LogP contribution in [0.25, 0.3) is 0 Å². The van der Waals surface area contributed by atoms with Gasteiger partial charge in [0.05, 0.1) is 11.4 Å². The first-order chi connectivity index (χ1) is 18.9. The number of carbonyl (C=O) groups is 2. The number of amides is 3. The topological polar surface area (TPSA) is 83.0 Å². The minimum Gasteiger partial charge on any atom is -0.474 e. The van der Waals surface area contributed by atoms with E-state index < -0.39 is 6.10 Å². The number of unbranched alkanes of at least 4 members (excludes halogenated alkanes) is 1. The molecule has 4 rings (SSSR count). The van der Waals surface area contributed by atoms with Crippen molar-refractivity contribution in [1.82, 2.24) is 5.32 Å². The Balaban J connectivity index is 1.58. The normalized spacial score (nSPS) is 15.6. The number of anilines is 2. The van der Waals surface area contributed by atoms with Gasteiger partial charge in [-0.3, -0.25) is 4.79 Å². The Hall–Kier alpha value is -3.84. The molecule has 2 atom stereocenters. The Morgan fingerprint density at radius 3 is 2.46 bits per heavy atom. The monoisotopic (exact) mass is 546 g/mol. The lowest BCUT2D eigenvalue weighted by Crippen LogP contribution is -2.37. The number of nitrogens with one attached hydrogen (secondary N) is 2. The van der Waals surface area contributed by atoms with Crippen molar-refractivity contribution in [3.05, 3.63) is 88.9 Å². The van der Waals surface area contributed by atoms with Gasteiger partial charge >= 0.3 is 6.03 Å². The van der Waals surface area contributed by atoms with Crippen LogP contribution in [0.3, 0.4) is 0 Å². The maximum absolute atomic E-state index is 13.8. The Labute approximate surface area is 235 Å². The highest BCUT2D eigenvalue weighted by Crippen LogP contribution is 2.32. The summed E-state index contributed by atoms with van der Waals surface area (Å²) in [4.78, 5) is 26.6. The fourth-order valence-electron chi connectivity index (χ4n) is 4.41. The van der Waals surface area contributed by atoms with Gasteiger partial charge < -0.3 is 15.4 Å². The maximum atomic E-state index is 13.8. The molecule has 7 nitrogen and oxygen atoms in total. The van der Waals surface area contributed by atoms with Gasteiger partial charge in [0.15, 0.2) is 0 Å². The molecule has 0 fully saturated rings. The molecule has 0 aliphatic carbocycles. The summed E-state index contributed by atoms with van der Waals surface area (Å²) in [6.45, 7) is 6.89. The van der Waals surface area contributed by atoms with Crippen LogP contribution in [0.4, 0.5) is 16.2 Å². The van der Waals surface area contributed by atoms with Crippen molar-refractivity contribution in [2.75, 3.05) is 16.9 Å². The molecule has 1 aliphatic rings. The number of halogens is 1. The van der Waals surface area contributed by atoms with Crippen molar-refractivity contribution in [2.24, 2.45) is 11.0 Å². The first kappa shape index (κ1) is 28.2. The minimum absolute atomic E-state index is 0.321. The van der Waals surface area contributed by atoms with Crippen molar-refractivity contribution < 1.29 is 14.3 Å². The Kier molecular flexibility index (Phi) is 9.60. The predicted molar refractivity (Wildman–Crippen MR) is 158 cm³/mol. The molecule has 0 radical (unpaired) electrons. The predicted octanol–water partition coefficient (Wildman–Crippen LogP) is 7.18. The quantitative estimate of drug-likeness (QED) is 0.267. The van der Waals surface area contributed by atoms with Gasteiger partial charge in [0.2, 0.25) is 6.10 Å². The molecule has 8 heteroatoms. The van der Waals surface area contributed by atoms with Gasteiger partial charge in [0.25, 0.3) is 5.91 Å². The molecule has 0 saturated heterocycles. The van der Waals surface area contributed by atoms with E-state index in [2.05, 4.69) is 29.6 Å². The fourth-order valence-corrected chi connectivity index (χ4v) is 4.54. The third-order valence-corrected chi connectivity index (χ3v) is 7.03. The van der Waals surface area contributed by atoms with E-state index in [4.69, 9.17) is 16.3 Å². The van der Waals surface area contributed by atoms with Crippen LogP contribution in [-0.4, -0.2) is 30.3 Å². The molecule has 2 unspecified atom stereocenters. The van der Waals surface area contributed by atoms with Crippen molar-refractivity contribution in [3.63, 3.8) is 0 Å². The summed E-state index contributed by atoms with van der Waals surface area (Å²) in [6.07, 6.45) is 3.38. The number of nitrogens with zero attached hydrogens (tertiary/aromatic N) is 2. The zero-order chi connectivity index (χ0) is 27.8. The zero-order valence-electron chi connectivity index (χ0n) is 22.6. The smallest absolute Gasteiger partial charge is 0.319 e. The Morgan fingerprint density at radius 2 is 1.77 bits per heavy atom. The molecule has 0 saturated carbocycles. The van der Waals surface area contributed by atoms with Gasteiger partial charge in [-0.1, -0.05) is 86.7 Å². The molecular formula is C31H35ClN4O3. The van der Waals surface area contributed by atoms with Crippen LogP contribution < -0.4 is 20.4 Å². The highest BCUT2D eigenvalue weighted by atomic mass is 35.5. The Morgan fingerprint density at radius 1 is 1.05 bits per heavy atom. The van der Waals surface area contributed by atoms with Crippen molar-refractivity contribution >= 4 is 40.6 Å². The summed E-state index contributed by atoms with van der Waals surface area (Å²) in [5, 5.41) is 12.4. The van der Waals surface area contributed by atoms with Gasteiger partial charge in [0, 0.05) is 17.1 Å². The summed E-state index contributed by atoms with van der Waals surface area (Å²) in [5.74, 6) is 0.625. The molecule has 3 aromatic rings. The molecular weight excluding hydrogens is 512 g/mol. The van der Waals surface area contributed by atoms with Crippen LogP contribution in [0.1, 0.15) is 50.7 Å². The zero-order valence-corrected chi connectivity index (χ0v) is 23.4. The lowest BCUT2D eigenvalue weighted by molar-refractivity contribution is -0.121. The summed E-state index contributed by atoms with van der Waals surface area (Å²) < 4.78 is 6.17. The number of rotatable bonds is 11. The molecule has 204 valence electrons. The van der Waals surface area contributed by atoms with E-state index in [9.17, 15) is 9.59 Å². The number of ether oxygens (including phenoxy) is 1. The number of aryl methyl sites for hydroxylation is 1. The third kappa shape index (κ3) is 7.18. The van der Waals surface area contributed by atoms with E-state index >= 15 is 0 Å². The molecule has 0 bridgehead atoms. The van der Waals surface area contributed by atoms with Crippen LogP contribution >= 0.6 is 11.6 Å². The van der Waals surface area contributed by atoms with E-state index in [1.165, 1.54) is 5.01 Å². The summed E-state index contributed by atoms with van der Waals surface area (Å²) >= 11 is 6.11. The molecule has 3 aromatic carbocycles. The molecule has 1 aliphatic heterocycles. The number of hydrogen-bond acceptors (Lipinski definition) is 4. The number of urea groups is 1. The molecule has 2 N–H and O–H groups in total. The summed E-state index contributed by atoms with van der Waals surface area (Å²) in [5.41, 5.74) is 3.19. The molecule has 3 amide bonds. The van der Waals surface area contributed by atoms with Gasteiger partial charge in [-0.2, -0.15) is 10.1 Å². The van der Waals surface area contributed by atoms with Crippen molar-refractivity contribution in [1.29, 1.82) is 0 Å². The van der Waals surface area contributed by atoms with E-state index in [0.29, 0.717) is 45.9 Å². The number of carbonyl (C=O) groups excluding carboxylic acids is 2. The van der Waals surface area contributed by atoms with E-state index in [0.717, 1.165) is 31.2 Å². The number of hydrazone groups is 1. The van der Waals surface area contributed by atoms with E-state index in [1.807, 2.05) is 43.3 Å². The first-order valence-corrected chi connectivity index (χ1v) is 13.8. The highest BCUT2D eigenvalue weighted by Gasteiger charge is 2.40. The summed E-state index contributed by atoms with van der Waals surface area (Å²) in [6, 6.07) is 21.4. The van der Waals surface area contributed by atoms with Gasteiger partial charge in [-0.15, -0.1) is 0 Å². The van der Waals surface area contributed by atoms with Crippen LogP contribution in [0.15, 0.2) is 77.9 Å². The average Bonchev–Trinajstić information content (AvgIpc) is 3.26. The third-order valence-electron chi connectivity index (χ3n) is 6.78. The minimum atomic E-state index is -0.973. The summed E-state index contributed by atoms with van der Waals surface area (Å²) in [7, 11) is 0. The number of hydrogen-bond donors (Lipinski definition) is 2. The highest BCUT2D eigenvalue weighted by molar-refractivity contribution is 6.31. The first-order valence-electron chi connectivity index (χ1n) is 13.4. The fraction of sp³-hybridized carbons (Fsp3) is 0.323. The molecule has 0 spiro atoms. The van der Waals surface area contributed by atoms with Crippen molar-refractivity contribution in [3.8, 4) is 5.75 Å². The van der Waals surface area contributed by atoms with Gasteiger partial charge in [0.1, 0.15) is 11.5 Å². The number of para-hydroxylation sites is 2. The van der Waals surface area contributed by atoms with Gasteiger partial charge in [-0.05, 0) is 55.7 Å². The molecule has 39 heavy (non-hydrogen) atoms. The van der Waals surface area contributed by atoms with Gasteiger partial charge in [-0.25, -0.2) is 4.79 Å². The second-order valence-corrected chi connectivity index (χ2v) is 10.2. The van der Waals surface area contributed by atoms with Crippen LogP contribution in [-0.2, 0) is 4.79 Å². The van der Waals surface area contributed by atoms with Crippen LogP contribution in [0.2, 0.25) is 5.02 Å². The lowest BCUT2D eigenvalue weighted by Gasteiger charge is -2.20. The molecule has 1 heterocycles. The average molecular weight is 547 g/mol. The SMILES string of the molecule is CCCCC(CC)CNC(=O)Nc1ccccc1N1N=C(c2ccc(Cl)cc2)C(Oc2ccc(C)cc2)C1=O. The second-order valence-electron chi connectivity index (χ2n) is 9.72. The second kappa shape index (κ2) is 13.3. The van der Waals surface area contributed by atoms with E-state index in [-0.39, 0.29) is 11.9 Å². The van der Waals surface area contributed by atoms with Crippen molar-refractivity contribution in [2.45, 2.75) is 52.6 Å². The van der Waals surface area contributed by atoms with E-state index in [1.54, 1.807) is 36.4 Å². The lowest BCUT2D eigenvalue weighted by atomic mass is 9.99.